The molecule has 2 aromatic rings. The zero-order valence-corrected chi connectivity index (χ0v) is 13.5. The molecule has 1 aromatic carbocycles. The highest BCUT2D eigenvalue weighted by Gasteiger charge is 2.19. The van der Waals surface area contributed by atoms with E-state index in [2.05, 4.69) is 5.16 Å². The van der Waals surface area contributed by atoms with Gasteiger partial charge in [-0.1, -0.05) is 5.16 Å². The summed E-state index contributed by atoms with van der Waals surface area (Å²) >= 11 is 1.94. The smallest absolute Gasteiger partial charge is 0.374 e. The minimum atomic E-state index is -1.14. The van der Waals surface area contributed by atoms with Gasteiger partial charge in [-0.3, -0.25) is 0 Å². The van der Waals surface area contributed by atoms with Crippen LogP contribution in [-0.4, -0.2) is 41.0 Å². The van der Waals surface area contributed by atoms with Gasteiger partial charge in [-0.05, 0) is 42.5 Å². The van der Waals surface area contributed by atoms with Crippen molar-refractivity contribution in [3.05, 3.63) is 30.0 Å². The third-order valence-electron chi connectivity index (χ3n) is 3.64. The lowest BCUT2D eigenvalue weighted by Gasteiger charge is -2.24. The standard InChI is InChI=1S/C16H17NO5S/c1-20-13-3-2-10(12-9-15(16(18)19)22-17-12)8-14(13)21-11-4-6-23-7-5-11/h2-3,8-9,11H,4-7H2,1H3,(H,18,19). The Balaban J connectivity index is 1.86. The molecular formula is C16H17NO5S. The van der Waals surface area contributed by atoms with Crippen molar-refractivity contribution in [1.82, 2.24) is 5.16 Å². The molecule has 0 unspecified atom stereocenters. The molecule has 23 heavy (non-hydrogen) atoms. The number of hydrogen-bond acceptors (Lipinski definition) is 6. The van der Waals surface area contributed by atoms with E-state index < -0.39 is 5.97 Å². The van der Waals surface area contributed by atoms with Crippen LogP contribution < -0.4 is 9.47 Å². The molecule has 0 aliphatic carbocycles. The SMILES string of the molecule is COc1ccc(-c2cc(C(=O)O)on2)cc1OC1CCSCC1. The van der Waals surface area contributed by atoms with E-state index in [9.17, 15) is 4.79 Å². The molecule has 1 N–H and O–H groups in total. The minimum Gasteiger partial charge on any atom is -0.493 e. The Morgan fingerprint density at radius 2 is 2.09 bits per heavy atom. The molecule has 0 atom stereocenters. The third kappa shape index (κ3) is 3.61. The van der Waals surface area contributed by atoms with Crippen molar-refractivity contribution in [3.63, 3.8) is 0 Å². The molecule has 1 aliphatic heterocycles. The van der Waals surface area contributed by atoms with E-state index in [0.29, 0.717) is 17.2 Å². The van der Waals surface area contributed by atoms with E-state index >= 15 is 0 Å². The summed E-state index contributed by atoms with van der Waals surface area (Å²) in [5.74, 6) is 2.14. The Labute approximate surface area is 137 Å². The summed E-state index contributed by atoms with van der Waals surface area (Å²) in [6.45, 7) is 0. The van der Waals surface area contributed by atoms with E-state index in [1.165, 1.54) is 6.07 Å². The number of aromatic nitrogens is 1. The Hall–Kier alpha value is -2.15. The maximum atomic E-state index is 10.9. The molecule has 1 aromatic heterocycles. The van der Waals surface area contributed by atoms with Crippen LogP contribution in [0.2, 0.25) is 0 Å². The maximum Gasteiger partial charge on any atom is 0.374 e. The number of methoxy groups -OCH3 is 1. The molecule has 0 amide bonds. The number of ether oxygens (including phenoxy) is 2. The van der Waals surface area contributed by atoms with Gasteiger partial charge >= 0.3 is 5.97 Å². The molecule has 2 heterocycles. The number of carboxylic acid groups (broad SMARTS) is 1. The van der Waals surface area contributed by atoms with Crippen LogP contribution in [-0.2, 0) is 0 Å². The average Bonchev–Trinajstić information content (AvgIpc) is 3.06. The summed E-state index contributed by atoms with van der Waals surface area (Å²) in [4.78, 5) is 10.9. The predicted octanol–water partition coefficient (Wildman–Crippen LogP) is 3.32. The van der Waals surface area contributed by atoms with Crippen molar-refractivity contribution in [2.75, 3.05) is 18.6 Å². The Morgan fingerprint density at radius 1 is 1.30 bits per heavy atom. The maximum absolute atomic E-state index is 10.9. The first-order chi connectivity index (χ1) is 11.2. The van der Waals surface area contributed by atoms with Crippen molar-refractivity contribution >= 4 is 17.7 Å². The van der Waals surface area contributed by atoms with E-state index in [1.54, 1.807) is 19.2 Å². The van der Waals surface area contributed by atoms with Crippen LogP contribution in [0.3, 0.4) is 0 Å². The van der Waals surface area contributed by atoms with Gasteiger partial charge in [0.1, 0.15) is 11.8 Å². The first-order valence-corrected chi connectivity index (χ1v) is 8.45. The first kappa shape index (κ1) is 15.7. The van der Waals surface area contributed by atoms with Crippen LogP contribution in [0.15, 0.2) is 28.8 Å². The van der Waals surface area contributed by atoms with Gasteiger partial charge < -0.3 is 19.1 Å². The highest BCUT2D eigenvalue weighted by Crippen LogP contribution is 2.34. The second kappa shape index (κ2) is 6.95. The Bertz CT molecular complexity index is 694. The fourth-order valence-electron chi connectivity index (χ4n) is 2.41. The lowest BCUT2D eigenvalue weighted by Crippen LogP contribution is -2.22. The van der Waals surface area contributed by atoms with Crippen molar-refractivity contribution in [2.45, 2.75) is 18.9 Å². The monoisotopic (exact) mass is 335 g/mol. The number of rotatable bonds is 5. The molecule has 7 heteroatoms. The number of carboxylic acids is 1. The van der Waals surface area contributed by atoms with Crippen molar-refractivity contribution in [2.24, 2.45) is 0 Å². The first-order valence-electron chi connectivity index (χ1n) is 7.30. The quantitative estimate of drug-likeness (QED) is 0.897. The van der Waals surface area contributed by atoms with Crippen LogP contribution >= 0.6 is 11.8 Å². The summed E-state index contributed by atoms with van der Waals surface area (Å²) in [7, 11) is 1.59. The molecule has 1 aliphatic rings. The predicted molar refractivity (Wildman–Crippen MR) is 86.4 cm³/mol. The van der Waals surface area contributed by atoms with Gasteiger partial charge in [0.25, 0.3) is 0 Å². The molecule has 0 spiro atoms. The number of benzene rings is 1. The largest absolute Gasteiger partial charge is 0.493 e. The van der Waals surface area contributed by atoms with E-state index in [-0.39, 0.29) is 11.9 Å². The summed E-state index contributed by atoms with van der Waals surface area (Å²) < 4.78 is 16.2. The van der Waals surface area contributed by atoms with Crippen LogP contribution in [0.1, 0.15) is 23.4 Å². The molecule has 0 radical (unpaired) electrons. The fourth-order valence-corrected chi connectivity index (χ4v) is 3.48. The van der Waals surface area contributed by atoms with E-state index in [1.807, 2.05) is 17.8 Å². The van der Waals surface area contributed by atoms with Crippen LogP contribution in [0, 0.1) is 0 Å². The lowest BCUT2D eigenvalue weighted by atomic mass is 10.1. The van der Waals surface area contributed by atoms with E-state index in [0.717, 1.165) is 29.9 Å². The van der Waals surface area contributed by atoms with Gasteiger partial charge in [0.15, 0.2) is 11.5 Å². The highest BCUT2D eigenvalue weighted by atomic mass is 32.2. The van der Waals surface area contributed by atoms with Crippen molar-refractivity contribution in [3.8, 4) is 22.8 Å². The lowest BCUT2D eigenvalue weighted by molar-refractivity contribution is 0.0652. The second-order valence-electron chi connectivity index (χ2n) is 5.18. The summed E-state index contributed by atoms with van der Waals surface area (Å²) in [5.41, 5.74) is 1.18. The highest BCUT2D eigenvalue weighted by molar-refractivity contribution is 7.99. The van der Waals surface area contributed by atoms with Crippen molar-refractivity contribution in [1.29, 1.82) is 0 Å². The van der Waals surface area contributed by atoms with Gasteiger partial charge in [-0.25, -0.2) is 4.79 Å². The molecule has 0 saturated carbocycles. The topological polar surface area (TPSA) is 81.8 Å². The van der Waals surface area contributed by atoms with Gasteiger partial charge in [0.05, 0.1) is 7.11 Å². The number of hydrogen-bond donors (Lipinski definition) is 1. The Morgan fingerprint density at radius 3 is 2.74 bits per heavy atom. The number of nitrogens with zero attached hydrogens (tertiary/aromatic N) is 1. The summed E-state index contributed by atoms with van der Waals surface area (Å²) in [6.07, 6.45) is 2.18. The van der Waals surface area contributed by atoms with Crippen LogP contribution in [0.5, 0.6) is 11.5 Å². The molecule has 1 saturated heterocycles. The third-order valence-corrected chi connectivity index (χ3v) is 4.69. The molecule has 122 valence electrons. The summed E-state index contributed by atoms with van der Waals surface area (Å²) in [6, 6.07) is 6.79. The number of carbonyl (C=O) groups is 1. The number of aromatic carboxylic acids is 1. The average molecular weight is 335 g/mol. The Kier molecular flexibility index (Phi) is 4.76. The zero-order valence-electron chi connectivity index (χ0n) is 12.7. The number of thioether (sulfide) groups is 1. The van der Waals surface area contributed by atoms with Gasteiger partial charge in [-0.2, -0.15) is 11.8 Å². The van der Waals surface area contributed by atoms with Crippen LogP contribution in [0.4, 0.5) is 0 Å². The molecule has 3 rings (SSSR count). The second-order valence-corrected chi connectivity index (χ2v) is 6.40. The zero-order chi connectivity index (χ0) is 16.2. The van der Waals surface area contributed by atoms with E-state index in [4.69, 9.17) is 19.1 Å². The van der Waals surface area contributed by atoms with Gasteiger partial charge in [0, 0.05) is 11.6 Å². The van der Waals surface area contributed by atoms with Gasteiger partial charge in [-0.15, -0.1) is 0 Å². The molecule has 0 bridgehead atoms. The molecule has 1 fully saturated rings. The molecular weight excluding hydrogens is 318 g/mol. The minimum absolute atomic E-state index is 0.173. The van der Waals surface area contributed by atoms with Gasteiger partial charge in [0.2, 0.25) is 5.76 Å². The summed E-state index contributed by atoms with van der Waals surface area (Å²) in [5, 5.41) is 12.7. The van der Waals surface area contributed by atoms with Crippen LogP contribution in [0.25, 0.3) is 11.3 Å². The fraction of sp³-hybridized carbons (Fsp3) is 0.375. The normalized spacial score (nSPS) is 15.3. The molecule has 6 nitrogen and oxygen atoms in total. The van der Waals surface area contributed by atoms with Crippen molar-refractivity contribution < 1.29 is 23.9 Å².